The van der Waals surface area contributed by atoms with Crippen LogP contribution in [0.2, 0.25) is 0 Å². The molecule has 0 heterocycles. The first kappa shape index (κ1) is 13.4. The van der Waals surface area contributed by atoms with Gasteiger partial charge in [0.2, 0.25) is 5.91 Å². The molecule has 0 atom stereocenters. The molecule has 0 aliphatic rings. The van der Waals surface area contributed by atoms with Crippen molar-refractivity contribution in [2.24, 2.45) is 0 Å². The van der Waals surface area contributed by atoms with Gasteiger partial charge in [-0.2, -0.15) is 0 Å². The van der Waals surface area contributed by atoms with E-state index in [0.717, 1.165) is 25.9 Å². The Morgan fingerprint density at radius 3 is 2.50 bits per heavy atom. The van der Waals surface area contributed by atoms with Crippen molar-refractivity contribution in [3.05, 3.63) is 0 Å². The highest BCUT2D eigenvalue weighted by Gasteiger charge is 2.00. The molecule has 14 heavy (non-hydrogen) atoms. The van der Waals surface area contributed by atoms with Crippen molar-refractivity contribution in [2.75, 3.05) is 27.2 Å². The molecule has 0 unspecified atom stereocenters. The van der Waals surface area contributed by atoms with Crippen LogP contribution in [0.4, 0.5) is 0 Å². The van der Waals surface area contributed by atoms with Gasteiger partial charge >= 0.3 is 0 Å². The number of rotatable bonds is 8. The molecule has 3 nitrogen and oxygen atoms in total. The maximum atomic E-state index is 11.3. The summed E-state index contributed by atoms with van der Waals surface area (Å²) in [5, 5.41) is 2.93. The van der Waals surface area contributed by atoms with E-state index in [1.807, 2.05) is 14.1 Å². The Kier molecular flexibility index (Phi) is 8.64. The number of hydrogen-bond donors (Lipinski definition) is 1. The lowest BCUT2D eigenvalue weighted by Gasteiger charge is -2.09. The molecule has 0 aliphatic carbocycles. The van der Waals surface area contributed by atoms with Crippen LogP contribution in [-0.2, 0) is 4.79 Å². The first-order chi connectivity index (χ1) is 6.66. The summed E-state index contributed by atoms with van der Waals surface area (Å²) in [6, 6.07) is 0. The van der Waals surface area contributed by atoms with Crippen LogP contribution in [-0.4, -0.2) is 38.0 Å². The minimum Gasteiger partial charge on any atom is -0.356 e. The normalized spacial score (nSPS) is 10.6. The van der Waals surface area contributed by atoms with Gasteiger partial charge < -0.3 is 10.2 Å². The Labute approximate surface area is 87.9 Å². The second kappa shape index (κ2) is 9.00. The monoisotopic (exact) mass is 200 g/mol. The molecule has 3 heteroatoms. The second-order valence-electron chi connectivity index (χ2n) is 3.96. The third-order valence-corrected chi connectivity index (χ3v) is 2.11. The van der Waals surface area contributed by atoms with Gasteiger partial charge in [0.05, 0.1) is 0 Å². The number of nitrogens with one attached hydrogen (secondary N) is 1. The third kappa shape index (κ3) is 9.52. The smallest absolute Gasteiger partial charge is 0.220 e. The Bertz CT molecular complexity index is 146. The van der Waals surface area contributed by atoms with Crippen molar-refractivity contribution in [1.29, 1.82) is 0 Å². The molecule has 0 fully saturated rings. The highest BCUT2D eigenvalue weighted by molar-refractivity contribution is 5.75. The van der Waals surface area contributed by atoms with E-state index in [1.54, 1.807) is 0 Å². The van der Waals surface area contributed by atoms with E-state index >= 15 is 0 Å². The fourth-order valence-electron chi connectivity index (χ4n) is 1.25. The predicted molar refractivity (Wildman–Crippen MR) is 60.3 cm³/mol. The lowest BCUT2D eigenvalue weighted by molar-refractivity contribution is -0.121. The van der Waals surface area contributed by atoms with Gasteiger partial charge in [0.15, 0.2) is 0 Å². The standard InChI is InChI=1S/C11H24N2O/c1-4-5-6-9-12-11(14)8-7-10-13(2)3/h4-10H2,1-3H3,(H,12,14). The Morgan fingerprint density at radius 1 is 1.21 bits per heavy atom. The van der Waals surface area contributed by atoms with E-state index in [9.17, 15) is 4.79 Å². The highest BCUT2D eigenvalue weighted by Crippen LogP contribution is 1.93. The molecule has 0 aromatic heterocycles. The first-order valence-corrected chi connectivity index (χ1v) is 5.58. The highest BCUT2D eigenvalue weighted by atomic mass is 16.1. The maximum Gasteiger partial charge on any atom is 0.220 e. The molecule has 84 valence electrons. The van der Waals surface area contributed by atoms with Crippen molar-refractivity contribution >= 4 is 5.91 Å². The molecule has 1 amide bonds. The molecular formula is C11H24N2O. The molecule has 0 bridgehead atoms. The molecule has 0 aliphatic heterocycles. The van der Waals surface area contributed by atoms with E-state index in [1.165, 1.54) is 12.8 Å². The molecule has 0 radical (unpaired) electrons. The quantitative estimate of drug-likeness (QED) is 0.604. The SMILES string of the molecule is CCCCCNC(=O)CCCN(C)C. The summed E-state index contributed by atoms with van der Waals surface area (Å²) in [6.45, 7) is 4.00. The molecule has 0 spiro atoms. The fourth-order valence-corrected chi connectivity index (χ4v) is 1.25. The lowest BCUT2D eigenvalue weighted by Crippen LogP contribution is -2.25. The van der Waals surface area contributed by atoms with Crippen LogP contribution in [0.25, 0.3) is 0 Å². The van der Waals surface area contributed by atoms with Crippen LogP contribution in [0.3, 0.4) is 0 Å². The first-order valence-electron chi connectivity index (χ1n) is 5.58. The molecule has 0 aromatic carbocycles. The number of nitrogens with zero attached hydrogens (tertiary/aromatic N) is 1. The average molecular weight is 200 g/mol. The van der Waals surface area contributed by atoms with Gasteiger partial charge in [-0.1, -0.05) is 19.8 Å². The van der Waals surface area contributed by atoms with Gasteiger partial charge in [-0.3, -0.25) is 4.79 Å². The van der Waals surface area contributed by atoms with Crippen LogP contribution in [0.5, 0.6) is 0 Å². The van der Waals surface area contributed by atoms with E-state index in [4.69, 9.17) is 0 Å². The van der Waals surface area contributed by atoms with Gasteiger partial charge in [-0.25, -0.2) is 0 Å². The minimum atomic E-state index is 0.197. The van der Waals surface area contributed by atoms with Gasteiger partial charge in [0, 0.05) is 13.0 Å². The number of unbranched alkanes of at least 4 members (excludes halogenated alkanes) is 2. The number of amides is 1. The molecular weight excluding hydrogens is 176 g/mol. The summed E-state index contributed by atoms with van der Waals surface area (Å²) in [5.41, 5.74) is 0. The summed E-state index contributed by atoms with van der Waals surface area (Å²) in [7, 11) is 4.05. The van der Waals surface area contributed by atoms with E-state index in [-0.39, 0.29) is 5.91 Å². The zero-order valence-corrected chi connectivity index (χ0v) is 9.81. The predicted octanol–water partition coefficient (Wildman–Crippen LogP) is 1.63. The zero-order chi connectivity index (χ0) is 10.8. The molecule has 0 saturated heterocycles. The van der Waals surface area contributed by atoms with Gasteiger partial charge in [0.1, 0.15) is 0 Å². The van der Waals surface area contributed by atoms with Crippen molar-refractivity contribution in [2.45, 2.75) is 39.0 Å². The molecule has 0 aromatic rings. The van der Waals surface area contributed by atoms with E-state index < -0.39 is 0 Å². The fraction of sp³-hybridized carbons (Fsp3) is 0.909. The number of carbonyl (C=O) groups is 1. The zero-order valence-electron chi connectivity index (χ0n) is 9.81. The topological polar surface area (TPSA) is 32.3 Å². The van der Waals surface area contributed by atoms with Gasteiger partial charge in [-0.15, -0.1) is 0 Å². The largest absolute Gasteiger partial charge is 0.356 e. The lowest BCUT2D eigenvalue weighted by atomic mass is 10.2. The Morgan fingerprint density at radius 2 is 1.93 bits per heavy atom. The Hall–Kier alpha value is -0.570. The van der Waals surface area contributed by atoms with Crippen LogP contribution >= 0.6 is 0 Å². The molecule has 1 N–H and O–H groups in total. The summed E-state index contributed by atoms with van der Waals surface area (Å²) < 4.78 is 0. The van der Waals surface area contributed by atoms with Crippen LogP contribution in [0, 0.1) is 0 Å². The van der Waals surface area contributed by atoms with Gasteiger partial charge in [0.25, 0.3) is 0 Å². The van der Waals surface area contributed by atoms with Crippen LogP contribution in [0.15, 0.2) is 0 Å². The van der Waals surface area contributed by atoms with Crippen molar-refractivity contribution in [3.8, 4) is 0 Å². The number of carbonyl (C=O) groups excluding carboxylic acids is 1. The average Bonchev–Trinajstić information content (AvgIpc) is 2.12. The molecule has 0 rings (SSSR count). The van der Waals surface area contributed by atoms with Crippen molar-refractivity contribution < 1.29 is 4.79 Å². The van der Waals surface area contributed by atoms with E-state index in [2.05, 4.69) is 17.1 Å². The summed E-state index contributed by atoms with van der Waals surface area (Å²) in [6.07, 6.45) is 5.13. The third-order valence-electron chi connectivity index (χ3n) is 2.11. The number of hydrogen-bond acceptors (Lipinski definition) is 2. The summed E-state index contributed by atoms with van der Waals surface area (Å²) in [4.78, 5) is 13.4. The van der Waals surface area contributed by atoms with Gasteiger partial charge in [-0.05, 0) is 33.5 Å². The van der Waals surface area contributed by atoms with Crippen LogP contribution < -0.4 is 5.32 Å². The Balaban J connectivity index is 3.20. The molecule has 0 saturated carbocycles. The summed E-state index contributed by atoms with van der Waals surface area (Å²) >= 11 is 0. The minimum absolute atomic E-state index is 0.197. The van der Waals surface area contributed by atoms with E-state index in [0.29, 0.717) is 6.42 Å². The summed E-state index contributed by atoms with van der Waals surface area (Å²) in [5.74, 6) is 0.197. The van der Waals surface area contributed by atoms with Crippen LogP contribution in [0.1, 0.15) is 39.0 Å². The van der Waals surface area contributed by atoms with Crippen molar-refractivity contribution in [1.82, 2.24) is 10.2 Å². The van der Waals surface area contributed by atoms with Crippen molar-refractivity contribution in [3.63, 3.8) is 0 Å². The second-order valence-corrected chi connectivity index (χ2v) is 3.96. The maximum absolute atomic E-state index is 11.3.